The lowest BCUT2D eigenvalue weighted by molar-refractivity contribution is 0.0952. The smallest absolute Gasteiger partial charge is 0.253 e. The van der Waals surface area contributed by atoms with Gasteiger partial charge in [0.1, 0.15) is 5.82 Å². The fourth-order valence-electron chi connectivity index (χ4n) is 6.11. The van der Waals surface area contributed by atoms with Crippen LogP contribution in [0.1, 0.15) is 58.9 Å². The summed E-state index contributed by atoms with van der Waals surface area (Å²) in [5.74, 6) is 0.737. The highest BCUT2D eigenvalue weighted by Crippen LogP contribution is 2.35. The lowest BCUT2D eigenvalue weighted by atomic mass is 9.99. The van der Waals surface area contributed by atoms with E-state index in [1.807, 2.05) is 44.4 Å². The van der Waals surface area contributed by atoms with Crippen molar-refractivity contribution in [2.75, 3.05) is 38.1 Å². The van der Waals surface area contributed by atoms with E-state index < -0.39 is 0 Å². The molecule has 9 heteroatoms. The third-order valence-electron chi connectivity index (χ3n) is 8.46. The van der Waals surface area contributed by atoms with Crippen LogP contribution in [0.4, 0.5) is 5.82 Å². The Balaban J connectivity index is 1.38. The number of aromatic amines is 1. The van der Waals surface area contributed by atoms with Crippen molar-refractivity contribution >= 4 is 22.6 Å². The highest BCUT2D eigenvalue weighted by atomic mass is 16.1. The maximum atomic E-state index is 13.7. The lowest BCUT2D eigenvalue weighted by Crippen LogP contribution is -2.44. The summed E-state index contributed by atoms with van der Waals surface area (Å²) in [5.41, 5.74) is 5.58. The molecule has 1 saturated heterocycles. The van der Waals surface area contributed by atoms with Crippen LogP contribution in [0, 0.1) is 13.8 Å². The largest absolute Gasteiger partial charge is 0.354 e. The molecule has 6 rings (SSSR count). The second-order valence-corrected chi connectivity index (χ2v) is 11.3. The maximum absolute atomic E-state index is 13.7. The minimum Gasteiger partial charge on any atom is -0.354 e. The fraction of sp³-hybridized carbons (Fsp3) is 0.419. The fourth-order valence-corrected chi connectivity index (χ4v) is 6.11. The number of carbonyl (C=O) groups excluding carboxylic acids is 1. The Kier molecular flexibility index (Phi) is 7.14. The Morgan fingerprint density at radius 1 is 1.05 bits per heavy atom. The van der Waals surface area contributed by atoms with Crippen LogP contribution in [-0.4, -0.2) is 63.8 Å². The van der Waals surface area contributed by atoms with Crippen LogP contribution in [0.3, 0.4) is 0 Å². The van der Waals surface area contributed by atoms with Crippen molar-refractivity contribution < 1.29 is 4.79 Å². The molecule has 0 atom stereocenters. The number of carbonyl (C=O) groups is 1. The van der Waals surface area contributed by atoms with E-state index in [2.05, 4.69) is 48.9 Å². The molecule has 9 nitrogen and oxygen atoms in total. The summed E-state index contributed by atoms with van der Waals surface area (Å²) in [5, 5.41) is 8.61. The van der Waals surface area contributed by atoms with Gasteiger partial charge in [0.25, 0.3) is 11.5 Å². The predicted octanol–water partition coefficient (Wildman–Crippen LogP) is 4.20. The van der Waals surface area contributed by atoms with Gasteiger partial charge in [0.05, 0.1) is 23.3 Å². The van der Waals surface area contributed by atoms with Gasteiger partial charge in [-0.25, -0.2) is 4.98 Å². The van der Waals surface area contributed by atoms with E-state index in [4.69, 9.17) is 5.10 Å². The molecule has 40 heavy (non-hydrogen) atoms. The van der Waals surface area contributed by atoms with E-state index in [1.54, 1.807) is 0 Å². The summed E-state index contributed by atoms with van der Waals surface area (Å²) in [6.45, 7) is 7.80. The zero-order valence-electron chi connectivity index (χ0n) is 23.5. The molecule has 1 aliphatic carbocycles. The molecular weight excluding hydrogens is 502 g/mol. The Bertz CT molecular complexity index is 1610. The van der Waals surface area contributed by atoms with E-state index in [-0.39, 0.29) is 18.0 Å². The number of benzene rings is 1. The van der Waals surface area contributed by atoms with Crippen molar-refractivity contribution in [1.29, 1.82) is 0 Å². The number of hydrogen-bond donors (Lipinski definition) is 2. The zero-order chi connectivity index (χ0) is 27.8. The highest BCUT2D eigenvalue weighted by Gasteiger charge is 2.23. The summed E-state index contributed by atoms with van der Waals surface area (Å²) in [6, 6.07) is 10.5. The predicted molar refractivity (Wildman–Crippen MR) is 158 cm³/mol. The Morgan fingerprint density at radius 3 is 2.58 bits per heavy atom. The first kappa shape index (κ1) is 26.3. The molecule has 0 spiro atoms. The van der Waals surface area contributed by atoms with Crippen LogP contribution in [0.25, 0.3) is 22.0 Å². The second kappa shape index (κ2) is 10.9. The third kappa shape index (κ3) is 5.13. The van der Waals surface area contributed by atoms with Crippen LogP contribution in [-0.2, 0) is 6.54 Å². The zero-order valence-corrected chi connectivity index (χ0v) is 23.5. The van der Waals surface area contributed by atoms with Gasteiger partial charge in [-0.05, 0) is 80.8 Å². The average molecular weight is 540 g/mol. The molecule has 208 valence electrons. The Hall–Kier alpha value is -3.98. The Labute approximate surface area is 234 Å². The first-order valence-corrected chi connectivity index (χ1v) is 14.3. The van der Waals surface area contributed by atoms with Crippen molar-refractivity contribution in [2.24, 2.45) is 0 Å². The number of rotatable bonds is 6. The standard InChI is InChI=1S/C31H37N7O2/c1-20-14-21(2)35-31(40)26(20)18-33-30(39)25-15-23(16-28-27(25)19-34-38(28)24-6-4-5-7-24)22-8-9-32-29(17-22)37-12-10-36(3)11-13-37/h8-9,14-17,19,24H,4-7,10-13,18H2,1-3H3,(H,33,39)(H,35,40). The number of fused-ring (bicyclic) bond motifs is 1. The summed E-state index contributed by atoms with van der Waals surface area (Å²) < 4.78 is 2.11. The monoisotopic (exact) mass is 539 g/mol. The number of amides is 1. The number of anilines is 1. The van der Waals surface area contributed by atoms with E-state index in [0.29, 0.717) is 17.2 Å². The molecule has 0 radical (unpaired) electrons. The van der Waals surface area contributed by atoms with Crippen molar-refractivity contribution in [1.82, 2.24) is 30.0 Å². The van der Waals surface area contributed by atoms with Crippen LogP contribution in [0.15, 0.2) is 47.5 Å². The van der Waals surface area contributed by atoms with Gasteiger partial charge in [0.2, 0.25) is 0 Å². The average Bonchev–Trinajstić information content (AvgIpc) is 3.62. The Morgan fingerprint density at radius 2 is 1.82 bits per heavy atom. The first-order chi connectivity index (χ1) is 19.4. The molecule has 1 amide bonds. The second-order valence-electron chi connectivity index (χ2n) is 11.3. The maximum Gasteiger partial charge on any atom is 0.253 e. The minimum absolute atomic E-state index is 0.158. The number of nitrogens with one attached hydrogen (secondary N) is 2. The number of nitrogens with zero attached hydrogens (tertiary/aromatic N) is 5. The molecular formula is C31H37N7O2. The molecule has 4 aromatic rings. The van der Waals surface area contributed by atoms with E-state index in [1.165, 1.54) is 12.8 Å². The molecule has 2 aliphatic rings. The van der Waals surface area contributed by atoms with E-state index in [0.717, 1.165) is 78.1 Å². The molecule has 2 fully saturated rings. The lowest BCUT2D eigenvalue weighted by Gasteiger charge is -2.33. The number of piperazine rings is 1. The van der Waals surface area contributed by atoms with Gasteiger partial charge in [-0.3, -0.25) is 14.3 Å². The molecule has 1 saturated carbocycles. The molecule has 3 aromatic heterocycles. The topological polar surface area (TPSA) is 99.2 Å². The van der Waals surface area contributed by atoms with Gasteiger partial charge < -0.3 is 20.1 Å². The van der Waals surface area contributed by atoms with Crippen LogP contribution in [0.2, 0.25) is 0 Å². The number of pyridine rings is 2. The number of likely N-dealkylation sites (N-methyl/N-ethyl adjacent to an activating group) is 1. The number of aromatic nitrogens is 4. The number of hydrogen-bond acceptors (Lipinski definition) is 6. The summed E-state index contributed by atoms with van der Waals surface area (Å²) in [7, 11) is 2.15. The third-order valence-corrected chi connectivity index (χ3v) is 8.46. The number of aryl methyl sites for hydroxylation is 2. The molecule has 1 aromatic carbocycles. The highest BCUT2D eigenvalue weighted by molar-refractivity contribution is 6.08. The van der Waals surface area contributed by atoms with Crippen molar-refractivity contribution in [3.8, 4) is 11.1 Å². The molecule has 0 bridgehead atoms. The molecule has 0 unspecified atom stereocenters. The molecule has 2 N–H and O–H groups in total. The quantitative estimate of drug-likeness (QED) is 0.381. The summed E-state index contributed by atoms with van der Waals surface area (Å²) in [4.78, 5) is 38.4. The van der Waals surface area contributed by atoms with Crippen molar-refractivity contribution in [2.45, 2.75) is 52.1 Å². The van der Waals surface area contributed by atoms with Gasteiger partial charge in [-0.2, -0.15) is 5.10 Å². The normalized spacial score (nSPS) is 16.6. The molecule has 1 aliphatic heterocycles. The van der Waals surface area contributed by atoms with Crippen molar-refractivity contribution in [3.63, 3.8) is 0 Å². The van der Waals surface area contributed by atoms with Crippen LogP contribution >= 0.6 is 0 Å². The van der Waals surface area contributed by atoms with E-state index >= 15 is 0 Å². The van der Waals surface area contributed by atoms with E-state index in [9.17, 15) is 9.59 Å². The van der Waals surface area contributed by atoms with Gasteiger partial charge in [0, 0.05) is 55.6 Å². The van der Waals surface area contributed by atoms with Crippen molar-refractivity contribution in [3.05, 3.63) is 75.5 Å². The van der Waals surface area contributed by atoms with Gasteiger partial charge in [0.15, 0.2) is 0 Å². The summed E-state index contributed by atoms with van der Waals surface area (Å²) >= 11 is 0. The first-order valence-electron chi connectivity index (χ1n) is 14.3. The number of H-pyrrole nitrogens is 1. The minimum atomic E-state index is -0.217. The van der Waals surface area contributed by atoms with Gasteiger partial charge in [-0.1, -0.05) is 12.8 Å². The SMILES string of the molecule is Cc1cc(C)c(CNC(=O)c2cc(-c3ccnc(N4CCN(C)CC4)c3)cc3c2cnn3C2CCCC2)c(=O)[nH]1. The van der Waals surface area contributed by atoms with Crippen LogP contribution < -0.4 is 15.8 Å². The van der Waals surface area contributed by atoms with Crippen LogP contribution in [0.5, 0.6) is 0 Å². The van der Waals surface area contributed by atoms with Gasteiger partial charge >= 0.3 is 0 Å². The molecule has 4 heterocycles. The summed E-state index contributed by atoms with van der Waals surface area (Å²) in [6.07, 6.45) is 8.26. The van der Waals surface area contributed by atoms with Gasteiger partial charge in [-0.15, -0.1) is 0 Å².